The summed E-state index contributed by atoms with van der Waals surface area (Å²) < 4.78 is 16.5. The van der Waals surface area contributed by atoms with Crippen LogP contribution in [0.2, 0.25) is 0 Å². The minimum atomic E-state index is -0.733. The number of carbonyl (C=O) groups is 1. The Kier molecular flexibility index (Phi) is 7.44. The van der Waals surface area contributed by atoms with Crippen molar-refractivity contribution in [1.29, 1.82) is 0 Å². The van der Waals surface area contributed by atoms with Gasteiger partial charge in [-0.15, -0.1) is 5.10 Å². The van der Waals surface area contributed by atoms with E-state index in [9.17, 15) is 14.0 Å². The van der Waals surface area contributed by atoms with Crippen LogP contribution in [0.3, 0.4) is 0 Å². The maximum Gasteiger partial charge on any atom is 0.349 e. The molecule has 0 unspecified atom stereocenters. The van der Waals surface area contributed by atoms with Crippen LogP contribution in [0.1, 0.15) is 37.7 Å². The Hall–Kier alpha value is -3.60. The molecule has 0 aliphatic rings. The first kappa shape index (κ1) is 22.1. The van der Waals surface area contributed by atoms with Crippen LogP contribution in [-0.2, 0) is 17.9 Å². The van der Waals surface area contributed by atoms with Crippen molar-refractivity contribution in [3.63, 3.8) is 0 Å². The third kappa shape index (κ3) is 6.19. The quantitative estimate of drug-likeness (QED) is 0.253. The second kappa shape index (κ2) is 10.4. The number of unbranched alkanes of at least 4 members (excludes halogenated alkanes) is 3. The summed E-state index contributed by atoms with van der Waals surface area (Å²) in [6.07, 6.45) is 6.70. The number of hydrogen-bond donors (Lipinski definition) is 3. The molecule has 0 saturated carbocycles. The van der Waals surface area contributed by atoms with Crippen molar-refractivity contribution in [3.8, 4) is 11.3 Å². The Labute approximate surface area is 177 Å². The van der Waals surface area contributed by atoms with E-state index in [4.69, 9.17) is 10.9 Å². The summed E-state index contributed by atoms with van der Waals surface area (Å²) in [6.45, 7) is 0.895. The zero-order valence-corrected chi connectivity index (χ0v) is 16.9. The zero-order valence-electron chi connectivity index (χ0n) is 16.9. The van der Waals surface area contributed by atoms with Gasteiger partial charge >= 0.3 is 5.69 Å². The number of hydrogen-bond acceptors (Lipinski definition) is 7. The topological polar surface area (TPSA) is 141 Å². The molecule has 2 aromatic heterocycles. The molecular weight excluding hydrogens is 405 g/mol. The van der Waals surface area contributed by atoms with Crippen LogP contribution in [0.25, 0.3) is 11.3 Å². The van der Waals surface area contributed by atoms with Crippen molar-refractivity contribution >= 4 is 11.7 Å². The number of aryl methyl sites for hydroxylation is 1. The number of rotatable bonds is 10. The summed E-state index contributed by atoms with van der Waals surface area (Å²) in [5.41, 5.74) is 8.72. The molecule has 1 aromatic carbocycles. The number of benzene rings is 1. The van der Waals surface area contributed by atoms with Gasteiger partial charge in [0.1, 0.15) is 5.69 Å². The van der Waals surface area contributed by atoms with Crippen molar-refractivity contribution in [2.24, 2.45) is 0 Å². The van der Waals surface area contributed by atoms with Gasteiger partial charge in [0.05, 0.1) is 12.7 Å². The number of nitrogen functional groups attached to an aromatic ring is 1. The molecule has 0 fully saturated rings. The molecule has 31 heavy (non-hydrogen) atoms. The van der Waals surface area contributed by atoms with Crippen LogP contribution >= 0.6 is 0 Å². The van der Waals surface area contributed by atoms with E-state index in [-0.39, 0.29) is 12.5 Å². The van der Waals surface area contributed by atoms with Crippen LogP contribution in [-0.4, -0.2) is 35.7 Å². The first-order valence-corrected chi connectivity index (χ1v) is 9.91. The summed E-state index contributed by atoms with van der Waals surface area (Å²) in [7, 11) is 0. The fourth-order valence-electron chi connectivity index (χ4n) is 3.08. The Bertz CT molecular complexity index is 1080. The molecule has 0 saturated heterocycles. The van der Waals surface area contributed by atoms with Crippen molar-refractivity contribution in [1.82, 2.24) is 30.0 Å². The minimum absolute atomic E-state index is 0.177. The van der Waals surface area contributed by atoms with Gasteiger partial charge in [0, 0.05) is 24.7 Å². The standard InChI is InChI=1S/C20H24FN7O3/c21-16-12-27(20(30)23-19(16)22)11-14-6-8-15(9-7-14)17-13-28(26-24-17)10-4-2-1-3-5-18(29)25-31/h6-9,12-13,31H,1-5,10-11H2,(H,25,29)(H2,22,23,30). The number of nitrogens with two attached hydrogens (primary N) is 1. The highest BCUT2D eigenvalue weighted by molar-refractivity contribution is 5.74. The fourth-order valence-corrected chi connectivity index (χ4v) is 3.08. The van der Waals surface area contributed by atoms with Crippen LogP contribution < -0.4 is 16.9 Å². The summed E-state index contributed by atoms with van der Waals surface area (Å²) in [6, 6.07) is 7.39. The number of anilines is 1. The Balaban J connectivity index is 1.51. The number of amides is 1. The molecule has 0 aliphatic carbocycles. The van der Waals surface area contributed by atoms with Crippen molar-refractivity contribution < 1.29 is 14.4 Å². The molecular formula is C20H24FN7O3. The molecule has 3 rings (SSSR count). The van der Waals surface area contributed by atoms with Gasteiger partial charge in [-0.1, -0.05) is 42.3 Å². The number of aromatic nitrogens is 5. The normalized spacial score (nSPS) is 10.9. The molecule has 4 N–H and O–H groups in total. The van der Waals surface area contributed by atoms with E-state index in [2.05, 4.69) is 15.3 Å². The number of halogens is 1. The lowest BCUT2D eigenvalue weighted by Gasteiger charge is -2.06. The van der Waals surface area contributed by atoms with Crippen molar-refractivity contribution in [2.45, 2.75) is 45.2 Å². The lowest BCUT2D eigenvalue weighted by atomic mass is 10.1. The molecule has 0 radical (unpaired) electrons. The summed E-state index contributed by atoms with van der Waals surface area (Å²) in [5.74, 6) is -1.51. The number of carbonyl (C=O) groups excluding carboxylic acids is 1. The van der Waals surface area contributed by atoms with Crippen LogP contribution in [0, 0.1) is 5.82 Å². The Morgan fingerprint density at radius 1 is 1.13 bits per heavy atom. The predicted octanol–water partition coefficient (Wildman–Crippen LogP) is 1.73. The van der Waals surface area contributed by atoms with E-state index in [0.29, 0.717) is 6.42 Å². The molecule has 0 aliphatic heterocycles. The molecule has 11 heteroatoms. The number of nitrogens with one attached hydrogen (secondary N) is 1. The largest absolute Gasteiger partial charge is 0.381 e. The second-order valence-electron chi connectivity index (χ2n) is 7.15. The maximum absolute atomic E-state index is 13.6. The van der Waals surface area contributed by atoms with E-state index in [1.165, 1.54) is 0 Å². The van der Waals surface area contributed by atoms with Crippen LogP contribution in [0.15, 0.2) is 41.5 Å². The Morgan fingerprint density at radius 2 is 1.87 bits per heavy atom. The van der Waals surface area contributed by atoms with E-state index in [0.717, 1.165) is 59.8 Å². The van der Waals surface area contributed by atoms with Gasteiger partial charge in [0.25, 0.3) is 0 Å². The first-order chi connectivity index (χ1) is 15.0. The van der Waals surface area contributed by atoms with E-state index >= 15 is 0 Å². The van der Waals surface area contributed by atoms with E-state index in [1.807, 2.05) is 30.5 Å². The highest BCUT2D eigenvalue weighted by atomic mass is 19.1. The summed E-state index contributed by atoms with van der Waals surface area (Å²) in [5, 5.41) is 16.8. The van der Waals surface area contributed by atoms with Gasteiger partial charge < -0.3 is 5.73 Å². The zero-order chi connectivity index (χ0) is 22.2. The highest BCUT2D eigenvalue weighted by Crippen LogP contribution is 2.18. The van der Waals surface area contributed by atoms with E-state index < -0.39 is 17.3 Å². The Morgan fingerprint density at radius 3 is 2.61 bits per heavy atom. The van der Waals surface area contributed by atoms with Gasteiger partial charge in [-0.3, -0.25) is 19.3 Å². The molecule has 0 atom stereocenters. The minimum Gasteiger partial charge on any atom is -0.381 e. The average Bonchev–Trinajstić information content (AvgIpc) is 3.23. The van der Waals surface area contributed by atoms with Crippen LogP contribution in [0.5, 0.6) is 0 Å². The maximum atomic E-state index is 13.6. The smallest absolute Gasteiger partial charge is 0.349 e. The number of nitrogens with zero attached hydrogens (tertiary/aromatic N) is 5. The lowest BCUT2D eigenvalue weighted by molar-refractivity contribution is -0.129. The molecule has 0 spiro atoms. The molecule has 1 amide bonds. The average molecular weight is 429 g/mol. The van der Waals surface area contributed by atoms with Crippen molar-refractivity contribution in [2.75, 3.05) is 5.73 Å². The molecule has 10 nitrogen and oxygen atoms in total. The number of hydroxylamine groups is 1. The molecule has 0 bridgehead atoms. The third-order valence-corrected chi connectivity index (χ3v) is 4.78. The fraction of sp³-hybridized carbons (Fsp3) is 0.350. The monoisotopic (exact) mass is 429 g/mol. The SMILES string of the molecule is Nc1nc(=O)n(Cc2ccc(-c3cn(CCCCCCC(=O)NO)nn3)cc2)cc1F. The first-order valence-electron chi connectivity index (χ1n) is 9.91. The molecule has 2 heterocycles. The summed E-state index contributed by atoms with van der Waals surface area (Å²) >= 11 is 0. The summed E-state index contributed by atoms with van der Waals surface area (Å²) in [4.78, 5) is 26.2. The van der Waals surface area contributed by atoms with Gasteiger partial charge in [-0.2, -0.15) is 4.98 Å². The van der Waals surface area contributed by atoms with Gasteiger partial charge in [-0.05, 0) is 18.4 Å². The van der Waals surface area contributed by atoms with Gasteiger partial charge in [0.15, 0.2) is 11.6 Å². The third-order valence-electron chi connectivity index (χ3n) is 4.78. The van der Waals surface area contributed by atoms with Crippen LogP contribution in [0.4, 0.5) is 10.2 Å². The molecule has 3 aromatic rings. The predicted molar refractivity (Wildman–Crippen MR) is 110 cm³/mol. The highest BCUT2D eigenvalue weighted by Gasteiger charge is 2.08. The molecule has 164 valence electrons. The van der Waals surface area contributed by atoms with Crippen molar-refractivity contribution in [3.05, 3.63) is 58.5 Å². The van der Waals surface area contributed by atoms with E-state index in [1.54, 1.807) is 10.2 Å². The lowest BCUT2D eigenvalue weighted by Crippen LogP contribution is -2.25. The second-order valence-corrected chi connectivity index (χ2v) is 7.15. The van der Waals surface area contributed by atoms with Gasteiger partial charge in [0.2, 0.25) is 5.91 Å². The van der Waals surface area contributed by atoms with Gasteiger partial charge in [-0.25, -0.2) is 14.7 Å².